The van der Waals surface area contributed by atoms with Crippen LogP contribution in [0.15, 0.2) is 12.2 Å². The summed E-state index contributed by atoms with van der Waals surface area (Å²) in [4.78, 5) is 11.3. The van der Waals surface area contributed by atoms with Gasteiger partial charge in [0.15, 0.2) is 0 Å². The SMILES string of the molecule is CCCCC=CCCCCC(=O)OCCCC. The fourth-order valence-corrected chi connectivity index (χ4v) is 1.49. The summed E-state index contributed by atoms with van der Waals surface area (Å²) in [5.41, 5.74) is 0. The van der Waals surface area contributed by atoms with Crippen molar-refractivity contribution in [3.05, 3.63) is 12.2 Å². The molecule has 0 N–H and O–H groups in total. The lowest BCUT2D eigenvalue weighted by Crippen LogP contribution is -2.05. The zero-order valence-electron chi connectivity index (χ0n) is 11.5. The van der Waals surface area contributed by atoms with Crippen molar-refractivity contribution in [2.45, 2.75) is 71.6 Å². The highest BCUT2D eigenvalue weighted by atomic mass is 16.5. The molecule has 0 aromatic carbocycles. The molecule has 0 unspecified atom stereocenters. The molecule has 0 amide bonds. The van der Waals surface area contributed by atoms with Crippen molar-refractivity contribution in [2.24, 2.45) is 0 Å². The van der Waals surface area contributed by atoms with Crippen LogP contribution >= 0.6 is 0 Å². The van der Waals surface area contributed by atoms with E-state index in [2.05, 4.69) is 26.0 Å². The van der Waals surface area contributed by atoms with Gasteiger partial charge < -0.3 is 4.74 Å². The molecule has 17 heavy (non-hydrogen) atoms. The Hall–Kier alpha value is -0.790. The predicted octanol–water partition coefficient (Wildman–Crippen LogP) is 4.64. The van der Waals surface area contributed by atoms with Gasteiger partial charge in [-0.25, -0.2) is 0 Å². The summed E-state index contributed by atoms with van der Waals surface area (Å²) in [5.74, 6) is -0.0339. The number of allylic oxidation sites excluding steroid dienone is 2. The largest absolute Gasteiger partial charge is 0.466 e. The van der Waals surface area contributed by atoms with Gasteiger partial charge in [-0.1, -0.05) is 45.3 Å². The monoisotopic (exact) mass is 240 g/mol. The molecular formula is C15H28O2. The Labute approximate surface area is 106 Å². The Kier molecular flexibility index (Phi) is 12.7. The summed E-state index contributed by atoms with van der Waals surface area (Å²) in [5, 5.41) is 0. The van der Waals surface area contributed by atoms with Gasteiger partial charge in [0.05, 0.1) is 6.61 Å². The summed E-state index contributed by atoms with van der Waals surface area (Å²) < 4.78 is 5.09. The molecule has 0 atom stereocenters. The highest BCUT2D eigenvalue weighted by Gasteiger charge is 2.00. The van der Waals surface area contributed by atoms with E-state index in [1.165, 1.54) is 19.3 Å². The minimum absolute atomic E-state index is 0.0339. The second-order valence-corrected chi connectivity index (χ2v) is 4.43. The molecule has 0 spiro atoms. The van der Waals surface area contributed by atoms with Gasteiger partial charge >= 0.3 is 5.97 Å². The van der Waals surface area contributed by atoms with Crippen LogP contribution in [-0.4, -0.2) is 12.6 Å². The summed E-state index contributed by atoms with van der Waals surface area (Å²) in [7, 11) is 0. The van der Waals surface area contributed by atoms with Gasteiger partial charge in [-0.2, -0.15) is 0 Å². The van der Waals surface area contributed by atoms with E-state index in [1.54, 1.807) is 0 Å². The number of hydrogen-bond donors (Lipinski definition) is 0. The highest BCUT2D eigenvalue weighted by molar-refractivity contribution is 5.69. The molecule has 0 fully saturated rings. The average Bonchev–Trinajstić information content (AvgIpc) is 2.33. The molecule has 0 aliphatic carbocycles. The van der Waals surface area contributed by atoms with Crippen molar-refractivity contribution in [1.82, 2.24) is 0 Å². The van der Waals surface area contributed by atoms with E-state index >= 15 is 0 Å². The van der Waals surface area contributed by atoms with Crippen molar-refractivity contribution in [2.75, 3.05) is 6.61 Å². The molecule has 0 aliphatic rings. The van der Waals surface area contributed by atoms with E-state index in [1.807, 2.05) is 0 Å². The van der Waals surface area contributed by atoms with Crippen molar-refractivity contribution >= 4 is 5.97 Å². The topological polar surface area (TPSA) is 26.3 Å². The van der Waals surface area contributed by atoms with Gasteiger partial charge in [0, 0.05) is 6.42 Å². The number of carbonyl (C=O) groups is 1. The Bertz CT molecular complexity index is 197. The molecule has 0 heterocycles. The first kappa shape index (κ1) is 16.2. The third-order valence-electron chi connectivity index (χ3n) is 2.65. The van der Waals surface area contributed by atoms with E-state index in [4.69, 9.17) is 4.74 Å². The average molecular weight is 240 g/mol. The fourth-order valence-electron chi connectivity index (χ4n) is 1.49. The Morgan fingerprint density at radius 3 is 2.24 bits per heavy atom. The van der Waals surface area contributed by atoms with E-state index in [0.29, 0.717) is 13.0 Å². The summed E-state index contributed by atoms with van der Waals surface area (Å²) >= 11 is 0. The molecule has 2 nitrogen and oxygen atoms in total. The minimum atomic E-state index is -0.0339. The number of hydrogen-bond acceptors (Lipinski definition) is 2. The lowest BCUT2D eigenvalue weighted by molar-refractivity contribution is -0.143. The fraction of sp³-hybridized carbons (Fsp3) is 0.800. The molecule has 0 aliphatic heterocycles. The lowest BCUT2D eigenvalue weighted by atomic mass is 10.1. The number of rotatable bonds is 11. The number of unbranched alkanes of at least 4 members (excludes halogenated alkanes) is 5. The van der Waals surface area contributed by atoms with Crippen molar-refractivity contribution < 1.29 is 9.53 Å². The Morgan fingerprint density at radius 1 is 0.941 bits per heavy atom. The number of esters is 1. The zero-order valence-corrected chi connectivity index (χ0v) is 11.5. The van der Waals surface area contributed by atoms with Crippen molar-refractivity contribution in [1.29, 1.82) is 0 Å². The van der Waals surface area contributed by atoms with E-state index in [0.717, 1.165) is 32.1 Å². The van der Waals surface area contributed by atoms with Gasteiger partial charge in [-0.15, -0.1) is 0 Å². The van der Waals surface area contributed by atoms with Gasteiger partial charge in [0.1, 0.15) is 0 Å². The summed E-state index contributed by atoms with van der Waals surface area (Å²) in [6, 6.07) is 0. The second kappa shape index (κ2) is 13.3. The predicted molar refractivity (Wildman–Crippen MR) is 73.0 cm³/mol. The van der Waals surface area contributed by atoms with E-state index in [9.17, 15) is 4.79 Å². The van der Waals surface area contributed by atoms with Crippen LogP contribution < -0.4 is 0 Å². The first-order chi connectivity index (χ1) is 8.31. The Morgan fingerprint density at radius 2 is 1.59 bits per heavy atom. The Balaban J connectivity index is 3.21. The molecule has 0 radical (unpaired) electrons. The van der Waals surface area contributed by atoms with Crippen LogP contribution in [0.25, 0.3) is 0 Å². The van der Waals surface area contributed by atoms with Crippen LogP contribution in [0.2, 0.25) is 0 Å². The molecule has 2 heteroatoms. The number of ether oxygens (including phenoxy) is 1. The molecule has 0 saturated heterocycles. The standard InChI is InChI=1S/C15H28O2/c1-3-5-7-8-9-10-11-12-13-15(16)17-14-6-4-2/h8-9H,3-7,10-14H2,1-2H3. The van der Waals surface area contributed by atoms with Crippen LogP contribution in [-0.2, 0) is 9.53 Å². The normalized spacial score (nSPS) is 10.9. The van der Waals surface area contributed by atoms with Gasteiger partial charge in [-0.05, 0) is 32.1 Å². The highest BCUT2D eigenvalue weighted by Crippen LogP contribution is 2.04. The third kappa shape index (κ3) is 13.1. The maximum absolute atomic E-state index is 11.3. The van der Waals surface area contributed by atoms with Crippen LogP contribution in [0.5, 0.6) is 0 Å². The first-order valence-corrected chi connectivity index (χ1v) is 7.11. The third-order valence-corrected chi connectivity index (χ3v) is 2.65. The van der Waals surface area contributed by atoms with Crippen LogP contribution in [0.1, 0.15) is 71.6 Å². The molecule has 0 saturated carbocycles. The summed E-state index contributed by atoms with van der Waals surface area (Å²) in [6.45, 7) is 4.89. The molecule has 0 bridgehead atoms. The number of carbonyl (C=O) groups excluding carboxylic acids is 1. The lowest BCUT2D eigenvalue weighted by Gasteiger charge is -2.02. The van der Waals surface area contributed by atoms with Gasteiger partial charge in [-0.3, -0.25) is 4.79 Å². The summed E-state index contributed by atoms with van der Waals surface area (Å²) in [6.07, 6.45) is 14.0. The van der Waals surface area contributed by atoms with E-state index < -0.39 is 0 Å². The van der Waals surface area contributed by atoms with Crippen molar-refractivity contribution in [3.8, 4) is 0 Å². The molecule has 0 rings (SSSR count). The molecule has 0 aromatic heterocycles. The van der Waals surface area contributed by atoms with Crippen LogP contribution in [0.4, 0.5) is 0 Å². The van der Waals surface area contributed by atoms with Gasteiger partial charge in [0.2, 0.25) is 0 Å². The second-order valence-electron chi connectivity index (χ2n) is 4.43. The van der Waals surface area contributed by atoms with Crippen LogP contribution in [0, 0.1) is 0 Å². The van der Waals surface area contributed by atoms with E-state index in [-0.39, 0.29) is 5.97 Å². The minimum Gasteiger partial charge on any atom is -0.466 e. The zero-order chi connectivity index (χ0) is 12.8. The smallest absolute Gasteiger partial charge is 0.305 e. The maximum atomic E-state index is 11.3. The van der Waals surface area contributed by atoms with Gasteiger partial charge in [0.25, 0.3) is 0 Å². The quantitative estimate of drug-likeness (QED) is 0.299. The molecular weight excluding hydrogens is 212 g/mol. The molecule has 0 aromatic rings. The maximum Gasteiger partial charge on any atom is 0.305 e. The first-order valence-electron chi connectivity index (χ1n) is 7.11. The van der Waals surface area contributed by atoms with Crippen LogP contribution in [0.3, 0.4) is 0 Å². The van der Waals surface area contributed by atoms with Crippen molar-refractivity contribution in [3.63, 3.8) is 0 Å². The molecule has 100 valence electrons.